The maximum atomic E-state index is 12.3. The van der Waals surface area contributed by atoms with E-state index in [2.05, 4.69) is 10.2 Å². The molecule has 2 aromatic heterocycles. The van der Waals surface area contributed by atoms with Crippen LogP contribution in [0.3, 0.4) is 0 Å². The number of carbonyl (C=O) groups excluding carboxylic acids is 1. The Balaban J connectivity index is 2.05. The molecule has 0 aliphatic heterocycles. The molecule has 0 aliphatic rings. The van der Waals surface area contributed by atoms with Gasteiger partial charge in [0.2, 0.25) is 0 Å². The van der Waals surface area contributed by atoms with E-state index in [9.17, 15) is 4.79 Å². The molecular weight excluding hydrogens is 358 g/mol. The number of ether oxygens (including phenoxy) is 1. The molecule has 2 heterocycles. The van der Waals surface area contributed by atoms with Gasteiger partial charge in [0.25, 0.3) is 0 Å². The summed E-state index contributed by atoms with van der Waals surface area (Å²) < 4.78 is 5.14. The SMILES string of the molecule is CCOC(=O)c1sc2nnc(-c3ccccc3)c(-c3ccccc3)c2c1N. The zero-order valence-electron chi connectivity index (χ0n) is 14.7. The topological polar surface area (TPSA) is 78.1 Å². The van der Waals surface area contributed by atoms with Crippen molar-refractivity contribution in [3.8, 4) is 22.4 Å². The van der Waals surface area contributed by atoms with Crippen LogP contribution < -0.4 is 5.73 Å². The van der Waals surface area contributed by atoms with Gasteiger partial charge >= 0.3 is 5.97 Å². The number of hydrogen-bond donors (Lipinski definition) is 1. The summed E-state index contributed by atoms with van der Waals surface area (Å²) in [6.07, 6.45) is 0. The van der Waals surface area contributed by atoms with Crippen LogP contribution in [0.25, 0.3) is 32.6 Å². The van der Waals surface area contributed by atoms with Gasteiger partial charge in [-0.05, 0) is 12.5 Å². The molecule has 0 spiro atoms. The number of nitrogens with two attached hydrogens (primary N) is 1. The van der Waals surface area contributed by atoms with Gasteiger partial charge in [0.1, 0.15) is 15.4 Å². The minimum Gasteiger partial charge on any atom is -0.462 e. The van der Waals surface area contributed by atoms with E-state index in [4.69, 9.17) is 10.5 Å². The number of fused-ring (bicyclic) bond motifs is 1. The Hall–Kier alpha value is -3.25. The van der Waals surface area contributed by atoms with Gasteiger partial charge in [-0.2, -0.15) is 0 Å². The third-order valence-electron chi connectivity index (χ3n) is 4.22. The number of nitrogen functional groups attached to an aromatic ring is 1. The van der Waals surface area contributed by atoms with Gasteiger partial charge in [0.05, 0.1) is 12.3 Å². The van der Waals surface area contributed by atoms with Crippen LogP contribution in [-0.2, 0) is 4.74 Å². The molecule has 0 saturated heterocycles. The van der Waals surface area contributed by atoms with E-state index >= 15 is 0 Å². The molecule has 0 amide bonds. The molecule has 5 nitrogen and oxygen atoms in total. The predicted molar refractivity (Wildman–Crippen MR) is 109 cm³/mol. The quantitative estimate of drug-likeness (QED) is 0.519. The van der Waals surface area contributed by atoms with Crippen molar-refractivity contribution in [2.45, 2.75) is 6.92 Å². The Morgan fingerprint density at radius 1 is 1.00 bits per heavy atom. The summed E-state index contributed by atoms with van der Waals surface area (Å²) >= 11 is 1.21. The summed E-state index contributed by atoms with van der Waals surface area (Å²) in [7, 11) is 0. The number of rotatable bonds is 4. The average Bonchev–Trinajstić information content (AvgIpc) is 3.06. The van der Waals surface area contributed by atoms with Gasteiger partial charge in [-0.1, -0.05) is 60.7 Å². The van der Waals surface area contributed by atoms with Crippen molar-refractivity contribution in [3.63, 3.8) is 0 Å². The van der Waals surface area contributed by atoms with Crippen molar-refractivity contribution in [1.29, 1.82) is 0 Å². The average molecular weight is 375 g/mol. The van der Waals surface area contributed by atoms with E-state index in [1.165, 1.54) is 11.3 Å². The van der Waals surface area contributed by atoms with Crippen LogP contribution in [0.2, 0.25) is 0 Å². The highest BCUT2D eigenvalue weighted by atomic mass is 32.1. The molecule has 0 saturated carbocycles. The Labute approximate surface area is 160 Å². The molecule has 2 aromatic carbocycles. The predicted octanol–water partition coefficient (Wildman–Crippen LogP) is 4.78. The highest BCUT2D eigenvalue weighted by molar-refractivity contribution is 7.21. The number of aromatic nitrogens is 2. The summed E-state index contributed by atoms with van der Waals surface area (Å²) in [6.45, 7) is 2.06. The minimum atomic E-state index is -0.432. The molecule has 4 rings (SSSR count). The van der Waals surface area contributed by atoms with Crippen LogP contribution in [0.5, 0.6) is 0 Å². The third kappa shape index (κ3) is 3.04. The van der Waals surface area contributed by atoms with E-state index in [-0.39, 0.29) is 0 Å². The van der Waals surface area contributed by atoms with Crippen LogP contribution in [0.15, 0.2) is 60.7 Å². The van der Waals surface area contributed by atoms with Crippen molar-refractivity contribution in [2.75, 3.05) is 12.3 Å². The summed E-state index contributed by atoms with van der Waals surface area (Å²) in [5.74, 6) is -0.432. The molecule has 6 heteroatoms. The number of nitrogens with zero attached hydrogens (tertiary/aromatic N) is 2. The molecule has 0 aliphatic carbocycles. The Morgan fingerprint density at radius 3 is 2.26 bits per heavy atom. The van der Waals surface area contributed by atoms with E-state index < -0.39 is 5.97 Å². The molecule has 0 bridgehead atoms. The summed E-state index contributed by atoms with van der Waals surface area (Å²) in [5, 5.41) is 9.55. The second-order valence-electron chi connectivity index (χ2n) is 5.90. The third-order valence-corrected chi connectivity index (χ3v) is 5.29. The number of esters is 1. The molecule has 0 radical (unpaired) electrons. The van der Waals surface area contributed by atoms with Crippen molar-refractivity contribution < 1.29 is 9.53 Å². The van der Waals surface area contributed by atoms with E-state index in [0.717, 1.165) is 27.8 Å². The lowest BCUT2D eigenvalue weighted by Gasteiger charge is -2.11. The first-order valence-electron chi connectivity index (χ1n) is 8.57. The first-order chi connectivity index (χ1) is 13.2. The second-order valence-corrected chi connectivity index (χ2v) is 6.90. The Bertz CT molecular complexity index is 1110. The second kappa shape index (κ2) is 7.17. The van der Waals surface area contributed by atoms with Crippen LogP contribution in [0.4, 0.5) is 5.69 Å². The number of carbonyl (C=O) groups is 1. The smallest absolute Gasteiger partial charge is 0.350 e. The fraction of sp³-hybridized carbons (Fsp3) is 0.0952. The van der Waals surface area contributed by atoms with Gasteiger partial charge in [-0.25, -0.2) is 4.79 Å². The number of anilines is 1. The largest absolute Gasteiger partial charge is 0.462 e. The van der Waals surface area contributed by atoms with Crippen molar-refractivity contribution in [3.05, 3.63) is 65.5 Å². The fourth-order valence-corrected chi connectivity index (χ4v) is 3.98. The van der Waals surface area contributed by atoms with Crippen molar-refractivity contribution in [1.82, 2.24) is 10.2 Å². The standard InChI is InChI=1S/C21H17N3O2S/c1-2-26-21(25)19-17(22)16-15(13-9-5-3-6-10-13)18(23-24-20(16)27-19)14-11-7-4-8-12-14/h3-12H,2,22H2,1H3. The van der Waals surface area contributed by atoms with Crippen LogP contribution in [0, 0.1) is 0 Å². The van der Waals surface area contributed by atoms with Gasteiger partial charge in [-0.15, -0.1) is 21.5 Å². The minimum absolute atomic E-state index is 0.291. The van der Waals surface area contributed by atoms with E-state index in [1.54, 1.807) is 6.92 Å². The summed E-state index contributed by atoms with van der Waals surface area (Å²) in [6, 6.07) is 19.7. The summed E-state index contributed by atoms with van der Waals surface area (Å²) in [4.78, 5) is 13.3. The number of hydrogen-bond acceptors (Lipinski definition) is 6. The highest BCUT2D eigenvalue weighted by Crippen LogP contribution is 2.43. The maximum Gasteiger partial charge on any atom is 0.350 e. The Morgan fingerprint density at radius 2 is 1.63 bits per heavy atom. The van der Waals surface area contributed by atoms with Gasteiger partial charge < -0.3 is 10.5 Å². The van der Waals surface area contributed by atoms with E-state index in [0.29, 0.717) is 22.0 Å². The monoisotopic (exact) mass is 375 g/mol. The summed E-state index contributed by atoms with van der Waals surface area (Å²) in [5.41, 5.74) is 10.3. The lowest BCUT2D eigenvalue weighted by molar-refractivity contribution is 0.0533. The van der Waals surface area contributed by atoms with Gasteiger partial charge in [0.15, 0.2) is 0 Å². The Kier molecular flexibility index (Phi) is 4.56. The van der Waals surface area contributed by atoms with Crippen molar-refractivity contribution >= 4 is 33.2 Å². The lowest BCUT2D eigenvalue weighted by atomic mass is 9.96. The van der Waals surface area contributed by atoms with Crippen molar-refractivity contribution in [2.24, 2.45) is 0 Å². The number of thiophene rings is 1. The highest BCUT2D eigenvalue weighted by Gasteiger charge is 2.24. The van der Waals surface area contributed by atoms with E-state index in [1.807, 2.05) is 60.7 Å². The zero-order valence-corrected chi connectivity index (χ0v) is 15.5. The molecule has 0 atom stereocenters. The van der Waals surface area contributed by atoms with Crippen LogP contribution in [0.1, 0.15) is 16.6 Å². The first-order valence-corrected chi connectivity index (χ1v) is 9.39. The molecule has 0 fully saturated rings. The van der Waals surface area contributed by atoms with Crippen LogP contribution >= 0.6 is 11.3 Å². The van der Waals surface area contributed by atoms with Crippen LogP contribution in [-0.4, -0.2) is 22.8 Å². The first kappa shape index (κ1) is 17.2. The normalized spacial score (nSPS) is 10.9. The molecule has 0 unspecified atom stereocenters. The van der Waals surface area contributed by atoms with Gasteiger partial charge in [-0.3, -0.25) is 0 Å². The maximum absolute atomic E-state index is 12.3. The molecule has 134 valence electrons. The molecular formula is C21H17N3O2S. The molecule has 27 heavy (non-hydrogen) atoms. The molecule has 2 N–H and O–H groups in total. The fourth-order valence-electron chi connectivity index (χ4n) is 3.04. The van der Waals surface area contributed by atoms with Gasteiger partial charge in [0, 0.05) is 16.5 Å². The zero-order chi connectivity index (χ0) is 18.8. The molecule has 4 aromatic rings. The lowest BCUT2D eigenvalue weighted by Crippen LogP contribution is -2.05. The number of benzene rings is 2.